The van der Waals surface area contributed by atoms with Gasteiger partial charge in [-0.05, 0) is 49.8 Å². The predicted molar refractivity (Wildman–Crippen MR) is 109 cm³/mol. The van der Waals surface area contributed by atoms with Crippen LogP contribution < -0.4 is 14.8 Å². The Bertz CT molecular complexity index is 894. The van der Waals surface area contributed by atoms with Gasteiger partial charge in [0.25, 0.3) is 5.91 Å². The number of methoxy groups -OCH3 is 2. The molecular formula is C21H22ClNO5. The van der Waals surface area contributed by atoms with Crippen molar-refractivity contribution in [2.45, 2.75) is 20.0 Å². The molecule has 0 aromatic heterocycles. The highest BCUT2D eigenvalue weighted by Gasteiger charge is 2.17. The minimum absolute atomic E-state index is 0.455. The van der Waals surface area contributed by atoms with Crippen LogP contribution in [0.2, 0.25) is 5.02 Å². The van der Waals surface area contributed by atoms with Crippen LogP contribution in [0.1, 0.15) is 18.1 Å². The largest absolute Gasteiger partial charge is 0.497 e. The first-order valence-electron chi connectivity index (χ1n) is 8.51. The van der Waals surface area contributed by atoms with Crippen LogP contribution in [0.3, 0.4) is 0 Å². The van der Waals surface area contributed by atoms with Gasteiger partial charge in [-0.15, -0.1) is 0 Å². The summed E-state index contributed by atoms with van der Waals surface area (Å²) < 4.78 is 15.5. The summed E-state index contributed by atoms with van der Waals surface area (Å²) in [4.78, 5) is 24.2. The summed E-state index contributed by atoms with van der Waals surface area (Å²) in [7, 11) is 3.08. The van der Waals surface area contributed by atoms with Crippen molar-refractivity contribution in [1.82, 2.24) is 0 Å². The molecule has 0 spiro atoms. The Morgan fingerprint density at radius 3 is 2.50 bits per heavy atom. The Morgan fingerprint density at radius 2 is 1.86 bits per heavy atom. The van der Waals surface area contributed by atoms with Gasteiger partial charge < -0.3 is 19.5 Å². The molecule has 0 aliphatic rings. The average Bonchev–Trinajstić information content (AvgIpc) is 2.68. The molecule has 148 valence electrons. The van der Waals surface area contributed by atoms with Crippen LogP contribution in [-0.2, 0) is 14.3 Å². The standard InChI is InChI=1S/C21H22ClNO5/c1-13-5-8-16(11-18(13)22)23-21(25)14(2)28-20(24)10-7-15-6-9-17(26-3)12-19(15)27-4/h5-12,14H,1-4H3,(H,23,25)/b10-7+/t14-/m1/s1. The number of halogens is 1. The minimum atomic E-state index is -0.977. The maximum atomic E-state index is 12.2. The molecule has 0 radical (unpaired) electrons. The molecule has 0 saturated carbocycles. The number of hydrogen-bond donors (Lipinski definition) is 1. The van der Waals surface area contributed by atoms with Gasteiger partial charge in [0.1, 0.15) is 11.5 Å². The van der Waals surface area contributed by atoms with E-state index in [0.29, 0.717) is 27.8 Å². The molecule has 0 unspecified atom stereocenters. The Labute approximate surface area is 169 Å². The van der Waals surface area contributed by atoms with Crippen LogP contribution in [0.4, 0.5) is 5.69 Å². The number of benzene rings is 2. The number of esters is 1. The lowest BCUT2D eigenvalue weighted by Crippen LogP contribution is -2.29. The van der Waals surface area contributed by atoms with E-state index in [1.165, 1.54) is 20.1 Å². The maximum Gasteiger partial charge on any atom is 0.331 e. The van der Waals surface area contributed by atoms with Crippen molar-refractivity contribution in [3.63, 3.8) is 0 Å². The molecule has 7 heteroatoms. The lowest BCUT2D eigenvalue weighted by atomic mass is 10.1. The fourth-order valence-corrected chi connectivity index (χ4v) is 2.48. The molecule has 0 bridgehead atoms. The number of rotatable bonds is 7. The van der Waals surface area contributed by atoms with Gasteiger partial charge in [-0.3, -0.25) is 4.79 Å². The lowest BCUT2D eigenvalue weighted by Gasteiger charge is -2.13. The number of carbonyl (C=O) groups is 2. The predicted octanol–water partition coefficient (Wildman–Crippen LogP) is 4.25. The van der Waals surface area contributed by atoms with Crippen molar-refractivity contribution in [2.24, 2.45) is 0 Å². The second-order valence-corrected chi connectivity index (χ2v) is 6.38. The number of carbonyl (C=O) groups excluding carboxylic acids is 2. The highest BCUT2D eigenvalue weighted by atomic mass is 35.5. The zero-order valence-electron chi connectivity index (χ0n) is 16.1. The van der Waals surface area contributed by atoms with Gasteiger partial charge in [0.15, 0.2) is 6.10 Å². The van der Waals surface area contributed by atoms with Gasteiger partial charge in [-0.25, -0.2) is 4.79 Å². The molecule has 2 aromatic rings. The molecule has 0 saturated heterocycles. The van der Waals surface area contributed by atoms with E-state index >= 15 is 0 Å². The first-order valence-corrected chi connectivity index (χ1v) is 8.89. The van der Waals surface area contributed by atoms with E-state index in [2.05, 4.69) is 5.32 Å². The summed E-state index contributed by atoms with van der Waals surface area (Å²) >= 11 is 6.04. The monoisotopic (exact) mass is 403 g/mol. The zero-order valence-corrected chi connectivity index (χ0v) is 16.9. The van der Waals surface area contributed by atoms with Crippen LogP contribution in [-0.4, -0.2) is 32.2 Å². The van der Waals surface area contributed by atoms with Crippen LogP contribution in [0.15, 0.2) is 42.5 Å². The van der Waals surface area contributed by atoms with Gasteiger partial charge in [0.05, 0.1) is 14.2 Å². The third-order valence-corrected chi connectivity index (χ3v) is 4.35. The zero-order chi connectivity index (χ0) is 20.7. The molecule has 0 heterocycles. The van der Waals surface area contributed by atoms with Crippen LogP contribution in [0.25, 0.3) is 6.08 Å². The SMILES string of the molecule is COc1ccc(/C=C/C(=O)O[C@H](C)C(=O)Nc2ccc(C)c(Cl)c2)c(OC)c1. The van der Waals surface area contributed by atoms with Gasteiger partial charge in [0.2, 0.25) is 0 Å². The summed E-state index contributed by atoms with van der Waals surface area (Å²) in [5, 5.41) is 3.20. The van der Waals surface area contributed by atoms with E-state index in [9.17, 15) is 9.59 Å². The van der Waals surface area contributed by atoms with E-state index in [-0.39, 0.29) is 0 Å². The number of nitrogens with one attached hydrogen (secondary N) is 1. The molecule has 0 fully saturated rings. The van der Waals surface area contributed by atoms with Crippen LogP contribution in [0.5, 0.6) is 11.5 Å². The third-order valence-electron chi connectivity index (χ3n) is 3.94. The average molecular weight is 404 g/mol. The fraction of sp³-hybridized carbons (Fsp3) is 0.238. The molecule has 28 heavy (non-hydrogen) atoms. The smallest absolute Gasteiger partial charge is 0.331 e. The Morgan fingerprint density at radius 1 is 1.11 bits per heavy atom. The molecule has 2 aromatic carbocycles. The topological polar surface area (TPSA) is 73.9 Å². The van der Waals surface area contributed by atoms with Gasteiger partial charge in [0, 0.05) is 28.4 Å². The normalized spacial score (nSPS) is 11.8. The van der Waals surface area contributed by atoms with Crippen molar-refractivity contribution in [1.29, 1.82) is 0 Å². The highest BCUT2D eigenvalue weighted by molar-refractivity contribution is 6.31. The van der Waals surface area contributed by atoms with Crippen molar-refractivity contribution in [2.75, 3.05) is 19.5 Å². The molecule has 1 N–H and O–H groups in total. The molecule has 1 amide bonds. The molecular weight excluding hydrogens is 382 g/mol. The van der Waals surface area contributed by atoms with Gasteiger partial charge in [-0.2, -0.15) is 0 Å². The number of aryl methyl sites for hydroxylation is 1. The van der Waals surface area contributed by atoms with E-state index in [1.807, 2.05) is 6.92 Å². The molecule has 1 atom stereocenters. The first kappa shape index (κ1) is 21.3. The Hall–Kier alpha value is -2.99. The van der Waals surface area contributed by atoms with E-state index in [0.717, 1.165) is 5.56 Å². The summed E-state index contributed by atoms with van der Waals surface area (Å²) in [6, 6.07) is 10.4. The molecule has 0 aliphatic heterocycles. The Kier molecular flexibility index (Phi) is 7.46. The fourth-order valence-electron chi connectivity index (χ4n) is 2.30. The first-order chi connectivity index (χ1) is 13.3. The number of hydrogen-bond acceptors (Lipinski definition) is 5. The van der Waals surface area contributed by atoms with Crippen LogP contribution in [0, 0.1) is 6.92 Å². The maximum absolute atomic E-state index is 12.2. The van der Waals surface area contributed by atoms with E-state index in [4.69, 9.17) is 25.8 Å². The summed E-state index contributed by atoms with van der Waals surface area (Å²) in [5.41, 5.74) is 2.10. The molecule has 6 nitrogen and oxygen atoms in total. The van der Waals surface area contributed by atoms with Gasteiger partial charge >= 0.3 is 5.97 Å². The number of ether oxygens (including phenoxy) is 3. The Balaban J connectivity index is 1.97. The van der Waals surface area contributed by atoms with Crippen molar-refractivity contribution in [3.05, 3.63) is 58.6 Å². The summed E-state index contributed by atoms with van der Waals surface area (Å²) in [6.45, 7) is 3.35. The molecule has 0 aliphatic carbocycles. The van der Waals surface area contributed by atoms with Gasteiger partial charge in [-0.1, -0.05) is 17.7 Å². The summed E-state index contributed by atoms with van der Waals surface area (Å²) in [5.74, 6) is 0.0784. The van der Waals surface area contributed by atoms with E-state index < -0.39 is 18.0 Å². The summed E-state index contributed by atoms with van der Waals surface area (Å²) in [6.07, 6.45) is 1.80. The highest BCUT2D eigenvalue weighted by Crippen LogP contribution is 2.25. The van der Waals surface area contributed by atoms with E-state index in [1.54, 1.807) is 49.6 Å². The van der Waals surface area contributed by atoms with Crippen molar-refractivity contribution < 1.29 is 23.8 Å². The van der Waals surface area contributed by atoms with Crippen LogP contribution >= 0.6 is 11.6 Å². The lowest BCUT2D eigenvalue weighted by molar-refractivity contribution is -0.148. The van der Waals surface area contributed by atoms with Crippen molar-refractivity contribution in [3.8, 4) is 11.5 Å². The van der Waals surface area contributed by atoms with Crippen molar-refractivity contribution >= 4 is 35.2 Å². The second kappa shape index (κ2) is 9.80. The molecule has 2 rings (SSSR count). The third kappa shape index (κ3) is 5.76. The number of amides is 1. The minimum Gasteiger partial charge on any atom is -0.497 e. The quantitative estimate of drug-likeness (QED) is 0.552. The number of anilines is 1. The second-order valence-electron chi connectivity index (χ2n) is 5.97.